The quantitative estimate of drug-likeness (QED) is 0.744. The first-order valence-electron chi connectivity index (χ1n) is 7.80. The van der Waals surface area contributed by atoms with Crippen molar-refractivity contribution in [3.63, 3.8) is 0 Å². The van der Waals surface area contributed by atoms with E-state index in [1.54, 1.807) is 0 Å². The van der Waals surface area contributed by atoms with Crippen molar-refractivity contribution < 1.29 is 0 Å². The molecule has 0 radical (unpaired) electrons. The van der Waals surface area contributed by atoms with Crippen LogP contribution in [0.3, 0.4) is 0 Å². The number of aromatic nitrogens is 5. The van der Waals surface area contributed by atoms with E-state index in [1.165, 1.54) is 6.42 Å². The number of nitrogens with zero attached hydrogens (tertiary/aromatic N) is 6. The fourth-order valence-corrected chi connectivity index (χ4v) is 2.60. The molecule has 3 aromatic rings. The molecule has 0 N–H and O–H groups in total. The molecule has 0 saturated carbocycles. The van der Waals surface area contributed by atoms with Crippen molar-refractivity contribution in [1.29, 1.82) is 0 Å². The molecule has 0 bridgehead atoms. The number of hydrogen-bond acceptors (Lipinski definition) is 5. The van der Waals surface area contributed by atoms with Crippen LogP contribution in [0.25, 0.3) is 17.8 Å². The zero-order chi connectivity index (χ0) is 15.8. The molecule has 6 nitrogen and oxygen atoms in total. The Hall–Kier alpha value is -2.76. The van der Waals surface area contributed by atoms with Gasteiger partial charge in [-0.3, -0.25) is 4.98 Å². The van der Waals surface area contributed by atoms with E-state index in [1.807, 2.05) is 48.8 Å². The molecule has 0 amide bonds. The van der Waals surface area contributed by atoms with Gasteiger partial charge in [0.15, 0.2) is 11.5 Å². The summed E-state index contributed by atoms with van der Waals surface area (Å²) in [4.78, 5) is 15.8. The lowest BCUT2D eigenvalue weighted by Crippen LogP contribution is -2.37. The third kappa shape index (κ3) is 2.56. The summed E-state index contributed by atoms with van der Waals surface area (Å²) in [5.41, 5.74) is 3.56. The minimum absolute atomic E-state index is 0.667. The summed E-state index contributed by atoms with van der Waals surface area (Å²) >= 11 is 0. The number of pyridine rings is 1. The van der Waals surface area contributed by atoms with Crippen LogP contribution in [0.5, 0.6) is 0 Å². The molecular weight excluding hydrogens is 288 g/mol. The van der Waals surface area contributed by atoms with Crippen LogP contribution in [0, 0.1) is 13.8 Å². The normalized spacial score (nSPS) is 14.6. The van der Waals surface area contributed by atoms with E-state index in [0.29, 0.717) is 5.82 Å². The predicted molar refractivity (Wildman–Crippen MR) is 90.3 cm³/mol. The highest BCUT2D eigenvalue weighted by Crippen LogP contribution is 2.18. The topological polar surface area (TPSA) is 59.2 Å². The van der Waals surface area contributed by atoms with Crippen molar-refractivity contribution in [2.75, 3.05) is 18.0 Å². The van der Waals surface area contributed by atoms with Crippen LogP contribution in [0.15, 0.2) is 24.4 Å². The minimum Gasteiger partial charge on any atom is -0.356 e. The summed E-state index contributed by atoms with van der Waals surface area (Å²) in [6.45, 7) is 6.11. The zero-order valence-electron chi connectivity index (χ0n) is 13.3. The first-order valence-corrected chi connectivity index (χ1v) is 7.80. The Morgan fingerprint density at radius 2 is 1.96 bits per heavy atom. The van der Waals surface area contributed by atoms with Crippen LogP contribution < -0.4 is 4.90 Å². The summed E-state index contributed by atoms with van der Waals surface area (Å²) in [6.07, 6.45) is 6.91. The van der Waals surface area contributed by atoms with E-state index in [-0.39, 0.29) is 0 Å². The van der Waals surface area contributed by atoms with Gasteiger partial charge in [0.05, 0.1) is 17.1 Å². The molecule has 1 fully saturated rings. The largest absolute Gasteiger partial charge is 0.356 e. The van der Waals surface area contributed by atoms with E-state index >= 15 is 0 Å². The summed E-state index contributed by atoms with van der Waals surface area (Å²) in [6, 6.07) is 6.08. The van der Waals surface area contributed by atoms with Gasteiger partial charge in [0, 0.05) is 19.3 Å². The van der Waals surface area contributed by atoms with Crippen LogP contribution in [-0.4, -0.2) is 37.7 Å². The van der Waals surface area contributed by atoms with E-state index in [2.05, 4.69) is 31.0 Å². The number of fused-ring (bicyclic) bond motifs is 1. The second-order valence-electron chi connectivity index (χ2n) is 5.78. The van der Waals surface area contributed by atoms with Gasteiger partial charge >= 0.3 is 0 Å². The fourth-order valence-electron chi connectivity index (χ4n) is 2.60. The molecule has 1 saturated heterocycles. The highest BCUT2D eigenvalue weighted by molar-refractivity contribution is 5.66. The van der Waals surface area contributed by atoms with Crippen LogP contribution in [0.4, 0.5) is 5.82 Å². The molecule has 0 atom stereocenters. The molecule has 1 aliphatic heterocycles. The molecule has 23 heavy (non-hydrogen) atoms. The van der Waals surface area contributed by atoms with Crippen LogP contribution in [0.2, 0.25) is 0 Å². The molecule has 0 aromatic carbocycles. The smallest absolute Gasteiger partial charge is 0.177 e. The van der Waals surface area contributed by atoms with Crippen LogP contribution in [0.1, 0.15) is 29.3 Å². The van der Waals surface area contributed by atoms with Gasteiger partial charge in [-0.15, -0.1) is 5.10 Å². The highest BCUT2D eigenvalue weighted by Gasteiger charge is 2.15. The molecule has 116 valence electrons. The van der Waals surface area contributed by atoms with Crippen molar-refractivity contribution in [3.8, 4) is 0 Å². The lowest BCUT2D eigenvalue weighted by Gasteiger charge is -2.32. The van der Waals surface area contributed by atoms with Gasteiger partial charge in [0.25, 0.3) is 0 Å². The molecule has 0 spiro atoms. The average Bonchev–Trinajstić information content (AvgIpc) is 2.93. The monoisotopic (exact) mass is 306 g/mol. The van der Waals surface area contributed by atoms with Crippen molar-refractivity contribution in [2.45, 2.75) is 20.3 Å². The molecule has 1 aliphatic rings. The van der Waals surface area contributed by atoms with Crippen molar-refractivity contribution in [2.24, 2.45) is 0 Å². The Labute approximate surface area is 134 Å². The maximum absolute atomic E-state index is 4.66. The summed E-state index contributed by atoms with van der Waals surface area (Å²) < 4.78 is 1.83. The second kappa shape index (κ2) is 5.46. The summed E-state index contributed by atoms with van der Waals surface area (Å²) in [5.74, 6) is 1.71. The van der Waals surface area contributed by atoms with Crippen LogP contribution >= 0.6 is 0 Å². The standard InChI is InChI=1S/C17H18N6/c1-12-11-18-13(2)17-20-15(21-23(12)17)8-7-14-5-3-6-16(19-14)22-9-4-10-22/h3,5-8,11H,4,9-10H2,1-2H3/b8-7+. The van der Waals surface area contributed by atoms with E-state index in [9.17, 15) is 0 Å². The number of anilines is 1. The van der Waals surface area contributed by atoms with Gasteiger partial charge in [-0.1, -0.05) is 6.07 Å². The van der Waals surface area contributed by atoms with Gasteiger partial charge in [-0.05, 0) is 44.6 Å². The first kappa shape index (κ1) is 13.9. The number of aryl methyl sites for hydroxylation is 2. The first-order chi connectivity index (χ1) is 11.2. The van der Waals surface area contributed by atoms with Gasteiger partial charge < -0.3 is 4.90 Å². The zero-order valence-corrected chi connectivity index (χ0v) is 13.3. The Kier molecular flexibility index (Phi) is 3.29. The average molecular weight is 306 g/mol. The fraction of sp³-hybridized carbons (Fsp3) is 0.294. The SMILES string of the molecule is Cc1ncc(C)n2nc(/C=C/c3cccc(N4CCC4)n3)nc12. The Morgan fingerprint density at radius 3 is 2.70 bits per heavy atom. The molecule has 4 rings (SSSR count). The molecule has 6 heteroatoms. The van der Waals surface area contributed by atoms with E-state index < -0.39 is 0 Å². The van der Waals surface area contributed by atoms with Crippen molar-refractivity contribution in [3.05, 3.63) is 47.3 Å². The summed E-state index contributed by atoms with van der Waals surface area (Å²) in [7, 11) is 0. The molecule has 4 heterocycles. The molecular formula is C17H18N6. The number of rotatable bonds is 3. The maximum Gasteiger partial charge on any atom is 0.177 e. The lowest BCUT2D eigenvalue weighted by atomic mass is 10.2. The third-order valence-electron chi connectivity index (χ3n) is 4.07. The molecule has 0 unspecified atom stereocenters. The van der Waals surface area contributed by atoms with Crippen molar-refractivity contribution in [1.82, 2.24) is 24.6 Å². The highest BCUT2D eigenvalue weighted by atomic mass is 15.3. The predicted octanol–water partition coefficient (Wildman–Crippen LogP) is 2.52. The maximum atomic E-state index is 4.66. The Bertz CT molecular complexity index is 852. The molecule has 0 aliphatic carbocycles. The van der Waals surface area contributed by atoms with Crippen molar-refractivity contribution >= 4 is 23.6 Å². The van der Waals surface area contributed by atoms with Gasteiger partial charge in [0.1, 0.15) is 5.82 Å². The van der Waals surface area contributed by atoms with Gasteiger partial charge in [-0.2, -0.15) is 0 Å². The third-order valence-corrected chi connectivity index (χ3v) is 4.07. The second-order valence-corrected chi connectivity index (χ2v) is 5.78. The van der Waals surface area contributed by atoms with Crippen LogP contribution in [-0.2, 0) is 0 Å². The lowest BCUT2D eigenvalue weighted by molar-refractivity contribution is 0.609. The van der Waals surface area contributed by atoms with Gasteiger partial charge in [0.2, 0.25) is 0 Å². The van der Waals surface area contributed by atoms with E-state index in [4.69, 9.17) is 0 Å². The molecule has 3 aromatic heterocycles. The summed E-state index contributed by atoms with van der Waals surface area (Å²) in [5, 5.41) is 4.51. The Morgan fingerprint density at radius 1 is 1.09 bits per heavy atom. The number of hydrogen-bond donors (Lipinski definition) is 0. The Balaban J connectivity index is 1.63. The minimum atomic E-state index is 0.667. The van der Waals surface area contributed by atoms with Gasteiger partial charge in [-0.25, -0.2) is 14.5 Å². The van der Waals surface area contributed by atoms with E-state index in [0.717, 1.165) is 41.6 Å².